The second kappa shape index (κ2) is 8.83. The van der Waals surface area contributed by atoms with E-state index in [4.69, 9.17) is 9.47 Å². The number of ether oxygens (including phenoxy) is 2. The summed E-state index contributed by atoms with van der Waals surface area (Å²) in [5, 5.41) is 7.47. The first-order valence-electron chi connectivity index (χ1n) is 10.8. The van der Waals surface area contributed by atoms with Crippen LogP contribution in [0.1, 0.15) is 56.2 Å². The van der Waals surface area contributed by atoms with Gasteiger partial charge in [-0.05, 0) is 72.7 Å². The van der Waals surface area contributed by atoms with Crippen LogP contribution in [0.4, 0.5) is 5.00 Å². The van der Waals surface area contributed by atoms with E-state index in [0.717, 1.165) is 39.9 Å². The van der Waals surface area contributed by atoms with E-state index < -0.39 is 12.1 Å². The Bertz CT molecular complexity index is 1240. The summed E-state index contributed by atoms with van der Waals surface area (Å²) in [4.78, 5) is 26.8. The van der Waals surface area contributed by atoms with Crippen molar-refractivity contribution in [3.63, 3.8) is 0 Å². The van der Waals surface area contributed by atoms with Crippen molar-refractivity contribution in [1.82, 2.24) is 5.32 Å². The smallest absolute Gasteiger partial charge is 0.343 e. The molecule has 8 heteroatoms. The molecule has 0 bridgehead atoms. The molecule has 2 aliphatic rings. The number of benzene rings is 2. The van der Waals surface area contributed by atoms with Crippen LogP contribution in [0.25, 0.3) is 0 Å². The van der Waals surface area contributed by atoms with E-state index in [9.17, 15) is 9.59 Å². The highest BCUT2D eigenvalue weighted by atomic mass is 79.9. The number of thiophene rings is 1. The lowest BCUT2D eigenvalue weighted by molar-refractivity contribution is 0.0729. The number of amides is 1. The molecular formula is C25H23BrN2O4S. The van der Waals surface area contributed by atoms with Crippen molar-refractivity contribution in [2.24, 2.45) is 5.92 Å². The molecule has 170 valence electrons. The van der Waals surface area contributed by atoms with Gasteiger partial charge in [0.2, 0.25) is 0 Å². The molecule has 6 nitrogen and oxygen atoms in total. The molecule has 2 atom stereocenters. The van der Waals surface area contributed by atoms with Crippen LogP contribution in [0.15, 0.2) is 46.9 Å². The van der Waals surface area contributed by atoms with Crippen molar-refractivity contribution >= 4 is 44.1 Å². The predicted molar refractivity (Wildman–Crippen MR) is 131 cm³/mol. The van der Waals surface area contributed by atoms with E-state index in [1.165, 1.54) is 17.6 Å². The van der Waals surface area contributed by atoms with E-state index in [-0.39, 0.29) is 5.91 Å². The monoisotopic (exact) mass is 526 g/mol. The van der Waals surface area contributed by atoms with Crippen molar-refractivity contribution in [2.45, 2.75) is 32.4 Å². The van der Waals surface area contributed by atoms with Gasteiger partial charge in [-0.2, -0.15) is 0 Å². The Labute approximate surface area is 204 Å². The van der Waals surface area contributed by atoms with Crippen LogP contribution in [0, 0.1) is 5.92 Å². The highest BCUT2D eigenvalue weighted by Crippen LogP contribution is 2.43. The lowest BCUT2D eigenvalue weighted by Gasteiger charge is -2.27. The van der Waals surface area contributed by atoms with Gasteiger partial charge in [0, 0.05) is 9.35 Å². The minimum Gasteiger partial charge on any atom is -0.493 e. The number of esters is 1. The van der Waals surface area contributed by atoms with Crippen LogP contribution in [0.3, 0.4) is 0 Å². The summed E-state index contributed by atoms with van der Waals surface area (Å²) in [5.41, 5.74) is 3.25. The first-order valence-corrected chi connectivity index (χ1v) is 12.4. The van der Waals surface area contributed by atoms with Crippen molar-refractivity contribution in [1.29, 1.82) is 0 Å². The van der Waals surface area contributed by atoms with Gasteiger partial charge in [-0.15, -0.1) is 11.3 Å². The molecule has 1 aromatic heterocycles. The fraction of sp³-hybridized carbons (Fsp3) is 0.280. The third-order valence-electron chi connectivity index (χ3n) is 6.09. The molecule has 3 aromatic rings. The summed E-state index contributed by atoms with van der Waals surface area (Å²) in [7, 11) is 1.52. The summed E-state index contributed by atoms with van der Waals surface area (Å²) in [6.07, 6.45) is 2.70. The fourth-order valence-electron chi connectivity index (χ4n) is 4.32. The molecule has 0 saturated carbocycles. The summed E-state index contributed by atoms with van der Waals surface area (Å²) in [5.74, 6) is 0.858. The third kappa shape index (κ3) is 4.25. The van der Waals surface area contributed by atoms with Crippen molar-refractivity contribution in [3.05, 3.63) is 74.1 Å². The Morgan fingerprint density at radius 1 is 1.12 bits per heavy atom. The molecule has 5 rings (SSSR count). The number of rotatable bonds is 4. The Morgan fingerprint density at radius 2 is 1.91 bits per heavy atom. The lowest BCUT2D eigenvalue weighted by atomic mass is 9.88. The largest absolute Gasteiger partial charge is 0.493 e. The molecule has 0 unspecified atom stereocenters. The molecule has 0 spiro atoms. The maximum Gasteiger partial charge on any atom is 0.343 e. The van der Waals surface area contributed by atoms with Crippen LogP contribution in [-0.4, -0.2) is 19.0 Å². The molecule has 1 amide bonds. The highest BCUT2D eigenvalue weighted by Gasteiger charge is 2.33. The van der Waals surface area contributed by atoms with Gasteiger partial charge in [0.05, 0.1) is 18.2 Å². The van der Waals surface area contributed by atoms with Gasteiger partial charge >= 0.3 is 5.97 Å². The maximum atomic E-state index is 13.0. The van der Waals surface area contributed by atoms with Gasteiger partial charge in [-0.1, -0.05) is 28.9 Å². The van der Waals surface area contributed by atoms with E-state index in [0.29, 0.717) is 23.0 Å². The first kappa shape index (κ1) is 22.0. The van der Waals surface area contributed by atoms with Crippen LogP contribution in [-0.2, 0) is 12.8 Å². The lowest BCUT2D eigenvalue weighted by Crippen LogP contribution is -2.38. The Kier molecular flexibility index (Phi) is 5.88. The van der Waals surface area contributed by atoms with Crippen LogP contribution in [0.2, 0.25) is 0 Å². The molecule has 2 heterocycles. The molecular weight excluding hydrogens is 504 g/mol. The normalized spacial score (nSPS) is 19.1. The second-order valence-electron chi connectivity index (χ2n) is 8.41. The zero-order valence-electron chi connectivity index (χ0n) is 18.2. The second-order valence-corrected chi connectivity index (χ2v) is 10.4. The Morgan fingerprint density at radius 3 is 2.67 bits per heavy atom. The van der Waals surface area contributed by atoms with Gasteiger partial charge in [0.25, 0.3) is 5.91 Å². The molecule has 0 radical (unpaired) electrons. The quantitative estimate of drug-likeness (QED) is 0.336. The zero-order valence-corrected chi connectivity index (χ0v) is 20.6. The van der Waals surface area contributed by atoms with Gasteiger partial charge in [0.15, 0.2) is 11.5 Å². The van der Waals surface area contributed by atoms with Crippen molar-refractivity contribution < 1.29 is 19.1 Å². The van der Waals surface area contributed by atoms with E-state index in [1.807, 2.05) is 6.07 Å². The van der Waals surface area contributed by atoms with E-state index in [2.05, 4.69) is 33.5 Å². The Hall–Kier alpha value is -2.84. The average molecular weight is 527 g/mol. The van der Waals surface area contributed by atoms with Gasteiger partial charge in [-0.3, -0.25) is 4.79 Å². The topological polar surface area (TPSA) is 76.7 Å². The molecule has 0 fully saturated rings. The number of halogens is 1. The molecule has 1 aliphatic heterocycles. The standard InChI is InChI=1S/C25H23BrN2O4S/c1-13-3-9-17-20(11-13)33-24-21(17)23(29)27-22(28-24)15-6-10-18(19(12-15)31-2)32-25(30)14-4-7-16(26)8-5-14/h4-8,10,12-13,22,28H,3,9,11H2,1-2H3,(H,27,29)/t13-,22+/m0/s1. The first-order chi connectivity index (χ1) is 15.9. The Balaban J connectivity index is 1.38. The zero-order chi connectivity index (χ0) is 23.1. The molecule has 2 N–H and O–H groups in total. The number of carbonyl (C=O) groups is 2. The third-order valence-corrected chi connectivity index (χ3v) is 7.81. The number of hydrogen-bond donors (Lipinski definition) is 2. The molecule has 1 aliphatic carbocycles. The van der Waals surface area contributed by atoms with Gasteiger partial charge in [-0.25, -0.2) is 4.79 Å². The van der Waals surface area contributed by atoms with E-state index >= 15 is 0 Å². The van der Waals surface area contributed by atoms with Crippen LogP contribution in [0.5, 0.6) is 11.5 Å². The summed E-state index contributed by atoms with van der Waals surface area (Å²) in [6.45, 7) is 2.26. The van der Waals surface area contributed by atoms with E-state index in [1.54, 1.807) is 47.7 Å². The van der Waals surface area contributed by atoms with Gasteiger partial charge in [0.1, 0.15) is 11.2 Å². The number of methoxy groups -OCH3 is 1. The maximum absolute atomic E-state index is 13.0. The van der Waals surface area contributed by atoms with Crippen LogP contribution >= 0.6 is 27.3 Å². The summed E-state index contributed by atoms with van der Waals surface area (Å²) in [6, 6.07) is 12.2. The minimum atomic E-state index is -0.472. The summed E-state index contributed by atoms with van der Waals surface area (Å²) >= 11 is 5.04. The fourth-order valence-corrected chi connectivity index (χ4v) is 6.02. The van der Waals surface area contributed by atoms with Crippen molar-refractivity contribution in [2.75, 3.05) is 12.4 Å². The van der Waals surface area contributed by atoms with Gasteiger partial charge < -0.3 is 20.1 Å². The van der Waals surface area contributed by atoms with Crippen molar-refractivity contribution in [3.8, 4) is 11.5 Å². The number of anilines is 1. The van der Waals surface area contributed by atoms with Crippen LogP contribution < -0.4 is 20.1 Å². The minimum absolute atomic E-state index is 0.0505. The average Bonchev–Trinajstić information content (AvgIpc) is 3.17. The summed E-state index contributed by atoms with van der Waals surface area (Å²) < 4.78 is 11.9. The number of fused-ring (bicyclic) bond motifs is 3. The number of carbonyl (C=O) groups excluding carboxylic acids is 2. The number of hydrogen-bond acceptors (Lipinski definition) is 6. The number of nitrogens with one attached hydrogen (secondary N) is 2. The molecule has 0 saturated heterocycles. The predicted octanol–water partition coefficient (Wildman–Crippen LogP) is 5.72. The molecule has 2 aromatic carbocycles. The molecule has 33 heavy (non-hydrogen) atoms. The SMILES string of the molecule is COc1cc([C@@H]2NC(=O)c3c(sc4c3CC[C@H](C)C4)N2)ccc1OC(=O)c1ccc(Br)cc1. The highest BCUT2D eigenvalue weighted by molar-refractivity contribution is 9.10.